The lowest BCUT2D eigenvalue weighted by molar-refractivity contribution is 0.102. The molecule has 0 unspecified atom stereocenters. The highest BCUT2D eigenvalue weighted by Gasteiger charge is 2.07. The average molecular weight is 229 g/mol. The zero-order valence-corrected chi connectivity index (χ0v) is 9.00. The Morgan fingerprint density at radius 3 is 2.94 bits per heavy atom. The SMILES string of the molecule is O=C(Nc1cccc(CO)c1)c1cnccn1. The molecule has 2 aromatic rings. The van der Waals surface area contributed by atoms with Gasteiger partial charge in [-0.25, -0.2) is 4.98 Å². The molecule has 0 fully saturated rings. The molecule has 17 heavy (non-hydrogen) atoms. The Balaban J connectivity index is 2.13. The quantitative estimate of drug-likeness (QED) is 0.829. The molecule has 1 heterocycles. The Hall–Kier alpha value is -2.27. The number of nitrogens with one attached hydrogen (secondary N) is 1. The predicted octanol–water partition coefficient (Wildman–Crippen LogP) is 1.22. The largest absolute Gasteiger partial charge is 0.392 e. The van der Waals surface area contributed by atoms with Gasteiger partial charge in [-0.3, -0.25) is 9.78 Å². The van der Waals surface area contributed by atoms with Crippen molar-refractivity contribution in [1.29, 1.82) is 0 Å². The summed E-state index contributed by atoms with van der Waals surface area (Å²) in [6, 6.07) is 6.98. The van der Waals surface area contributed by atoms with Gasteiger partial charge in [0, 0.05) is 18.1 Å². The first kappa shape index (κ1) is 11.2. The number of hydrogen-bond donors (Lipinski definition) is 2. The molecule has 0 atom stereocenters. The minimum atomic E-state index is -0.326. The number of carbonyl (C=O) groups excluding carboxylic acids is 1. The second-order valence-electron chi connectivity index (χ2n) is 3.40. The van der Waals surface area contributed by atoms with Crippen LogP contribution in [0.4, 0.5) is 5.69 Å². The molecule has 1 aromatic heterocycles. The summed E-state index contributed by atoms with van der Waals surface area (Å²) in [4.78, 5) is 19.4. The summed E-state index contributed by atoms with van der Waals surface area (Å²) in [6.45, 7) is -0.0607. The van der Waals surface area contributed by atoms with Crippen LogP contribution < -0.4 is 5.32 Å². The van der Waals surface area contributed by atoms with Gasteiger partial charge >= 0.3 is 0 Å². The van der Waals surface area contributed by atoms with Crippen molar-refractivity contribution in [3.05, 3.63) is 54.1 Å². The van der Waals surface area contributed by atoms with Crippen molar-refractivity contribution in [3.63, 3.8) is 0 Å². The first-order valence-electron chi connectivity index (χ1n) is 5.07. The van der Waals surface area contributed by atoms with Gasteiger partial charge in [-0.15, -0.1) is 0 Å². The molecule has 86 valence electrons. The van der Waals surface area contributed by atoms with Crippen LogP contribution in [-0.4, -0.2) is 21.0 Å². The summed E-state index contributed by atoms with van der Waals surface area (Å²) in [6.07, 6.45) is 4.35. The number of carbonyl (C=O) groups is 1. The van der Waals surface area contributed by atoms with Gasteiger partial charge in [0.05, 0.1) is 12.8 Å². The summed E-state index contributed by atoms with van der Waals surface area (Å²) in [5, 5.41) is 11.7. The molecule has 2 rings (SSSR count). The fourth-order valence-electron chi connectivity index (χ4n) is 1.36. The Bertz CT molecular complexity index is 514. The monoisotopic (exact) mass is 229 g/mol. The van der Waals surface area contributed by atoms with E-state index in [4.69, 9.17) is 5.11 Å². The van der Waals surface area contributed by atoms with E-state index in [1.165, 1.54) is 18.6 Å². The first-order chi connectivity index (χ1) is 8.29. The molecular weight excluding hydrogens is 218 g/mol. The van der Waals surface area contributed by atoms with Crippen molar-refractivity contribution in [3.8, 4) is 0 Å². The fourth-order valence-corrected chi connectivity index (χ4v) is 1.36. The third-order valence-corrected chi connectivity index (χ3v) is 2.16. The number of hydrogen-bond acceptors (Lipinski definition) is 4. The van der Waals surface area contributed by atoms with E-state index in [0.29, 0.717) is 5.69 Å². The normalized spacial score (nSPS) is 9.94. The maximum Gasteiger partial charge on any atom is 0.275 e. The highest BCUT2D eigenvalue weighted by molar-refractivity contribution is 6.02. The van der Waals surface area contributed by atoms with Crippen molar-refractivity contribution in [2.24, 2.45) is 0 Å². The highest BCUT2D eigenvalue weighted by Crippen LogP contribution is 2.11. The molecule has 1 amide bonds. The summed E-state index contributed by atoms with van der Waals surface area (Å²) >= 11 is 0. The van der Waals surface area contributed by atoms with Crippen molar-refractivity contribution < 1.29 is 9.90 Å². The van der Waals surface area contributed by atoms with Gasteiger partial charge in [-0.2, -0.15) is 0 Å². The molecule has 5 nitrogen and oxygen atoms in total. The van der Waals surface area contributed by atoms with Gasteiger partial charge in [0.1, 0.15) is 5.69 Å². The number of aromatic nitrogens is 2. The van der Waals surface area contributed by atoms with Crippen LogP contribution in [0.15, 0.2) is 42.9 Å². The van der Waals surface area contributed by atoms with Crippen LogP contribution in [0.5, 0.6) is 0 Å². The lowest BCUT2D eigenvalue weighted by atomic mass is 10.2. The first-order valence-corrected chi connectivity index (χ1v) is 5.07. The van der Waals surface area contributed by atoms with E-state index < -0.39 is 0 Å². The number of nitrogens with zero attached hydrogens (tertiary/aromatic N) is 2. The van der Waals surface area contributed by atoms with Crippen LogP contribution in [0.25, 0.3) is 0 Å². The molecule has 0 radical (unpaired) electrons. The summed E-state index contributed by atoms with van der Waals surface area (Å²) in [7, 11) is 0. The third kappa shape index (κ3) is 2.85. The van der Waals surface area contributed by atoms with E-state index in [1.807, 2.05) is 0 Å². The van der Waals surface area contributed by atoms with Crippen molar-refractivity contribution in [2.75, 3.05) is 5.32 Å². The van der Waals surface area contributed by atoms with Gasteiger partial charge in [0.2, 0.25) is 0 Å². The number of aliphatic hydroxyl groups excluding tert-OH is 1. The van der Waals surface area contributed by atoms with Crippen LogP contribution in [0.3, 0.4) is 0 Å². The standard InChI is InChI=1S/C12H11N3O2/c16-8-9-2-1-3-10(6-9)15-12(17)11-7-13-4-5-14-11/h1-7,16H,8H2,(H,15,17). The number of rotatable bonds is 3. The highest BCUT2D eigenvalue weighted by atomic mass is 16.3. The summed E-state index contributed by atoms with van der Waals surface area (Å²) < 4.78 is 0. The summed E-state index contributed by atoms with van der Waals surface area (Å²) in [5.74, 6) is -0.326. The van der Waals surface area contributed by atoms with E-state index in [2.05, 4.69) is 15.3 Å². The number of aliphatic hydroxyl groups is 1. The number of anilines is 1. The zero-order valence-electron chi connectivity index (χ0n) is 9.00. The molecular formula is C12H11N3O2. The van der Waals surface area contributed by atoms with Crippen LogP contribution in [0.2, 0.25) is 0 Å². The molecule has 2 N–H and O–H groups in total. The maximum atomic E-state index is 11.7. The average Bonchev–Trinajstić information content (AvgIpc) is 2.40. The second kappa shape index (κ2) is 5.18. The molecule has 0 saturated heterocycles. The van der Waals surface area contributed by atoms with Crippen molar-refractivity contribution >= 4 is 11.6 Å². The van der Waals surface area contributed by atoms with Crippen LogP contribution >= 0.6 is 0 Å². The van der Waals surface area contributed by atoms with E-state index in [9.17, 15) is 4.79 Å². The molecule has 0 aliphatic carbocycles. The lowest BCUT2D eigenvalue weighted by Crippen LogP contribution is -2.13. The van der Waals surface area contributed by atoms with E-state index >= 15 is 0 Å². The molecule has 0 bridgehead atoms. The predicted molar refractivity (Wildman–Crippen MR) is 62.4 cm³/mol. The van der Waals surface area contributed by atoms with Gasteiger partial charge < -0.3 is 10.4 Å². The maximum absolute atomic E-state index is 11.7. The van der Waals surface area contributed by atoms with Crippen LogP contribution in [0.1, 0.15) is 16.1 Å². The van der Waals surface area contributed by atoms with Crippen LogP contribution in [-0.2, 0) is 6.61 Å². The topological polar surface area (TPSA) is 75.1 Å². The Morgan fingerprint density at radius 1 is 1.35 bits per heavy atom. The molecule has 0 aliphatic heterocycles. The van der Waals surface area contributed by atoms with Gasteiger partial charge in [-0.05, 0) is 17.7 Å². The Kier molecular flexibility index (Phi) is 3.42. The number of amides is 1. The smallest absolute Gasteiger partial charge is 0.275 e. The van der Waals surface area contributed by atoms with Gasteiger partial charge in [-0.1, -0.05) is 12.1 Å². The fraction of sp³-hybridized carbons (Fsp3) is 0.0833. The molecule has 0 aliphatic rings. The molecule has 5 heteroatoms. The van der Waals surface area contributed by atoms with Gasteiger partial charge in [0.15, 0.2) is 0 Å². The summed E-state index contributed by atoms with van der Waals surface area (Å²) in [5.41, 5.74) is 1.61. The second-order valence-corrected chi connectivity index (χ2v) is 3.40. The Labute approximate surface area is 98.2 Å². The number of benzene rings is 1. The third-order valence-electron chi connectivity index (χ3n) is 2.16. The molecule has 0 spiro atoms. The van der Waals surface area contributed by atoms with E-state index in [1.54, 1.807) is 24.3 Å². The lowest BCUT2D eigenvalue weighted by Gasteiger charge is -2.05. The van der Waals surface area contributed by atoms with Crippen molar-refractivity contribution in [1.82, 2.24) is 9.97 Å². The van der Waals surface area contributed by atoms with Crippen LogP contribution in [0, 0.1) is 0 Å². The van der Waals surface area contributed by atoms with E-state index in [0.717, 1.165) is 5.56 Å². The van der Waals surface area contributed by atoms with Gasteiger partial charge in [0.25, 0.3) is 5.91 Å². The molecule has 0 saturated carbocycles. The van der Waals surface area contributed by atoms with Crippen molar-refractivity contribution in [2.45, 2.75) is 6.61 Å². The minimum Gasteiger partial charge on any atom is -0.392 e. The Morgan fingerprint density at radius 2 is 2.24 bits per heavy atom. The zero-order chi connectivity index (χ0) is 12.1. The molecule has 1 aromatic carbocycles. The minimum absolute atomic E-state index is 0.0607. The van der Waals surface area contributed by atoms with E-state index in [-0.39, 0.29) is 18.2 Å².